The van der Waals surface area contributed by atoms with Crippen molar-refractivity contribution in [3.63, 3.8) is 0 Å². The zero-order valence-electron chi connectivity index (χ0n) is 13.6. The van der Waals surface area contributed by atoms with Crippen molar-refractivity contribution < 1.29 is 9.59 Å². The molecule has 1 aliphatic heterocycles. The standard InChI is InChI=1S/C19H23NO2/c1-4-12-11-13-7-8-16(20-17(21)9-10-18(20)22)19(13)15(6-3)14(12)5-2/h9-11,16H,4-8H2,1-3H3/t16-/m0/s1. The lowest BCUT2D eigenvalue weighted by Crippen LogP contribution is -2.33. The van der Waals surface area contributed by atoms with Crippen molar-refractivity contribution in [2.45, 2.75) is 58.9 Å². The number of aryl methyl sites for hydroxylation is 2. The van der Waals surface area contributed by atoms with E-state index < -0.39 is 0 Å². The molecular weight excluding hydrogens is 274 g/mol. The fraction of sp³-hybridized carbons (Fsp3) is 0.474. The third-order valence-electron chi connectivity index (χ3n) is 5.03. The van der Waals surface area contributed by atoms with Gasteiger partial charge in [-0.3, -0.25) is 14.5 Å². The van der Waals surface area contributed by atoms with E-state index in [2.05, 4.69) is 26.8 Å². The van der Waals surface area contributed by atoms with E-state index in [9.17, 15) is 9.59 Å². The van der Waals surface area contributed by atoms with Crippen molar-refractivity contribution in [1.82, 2.24) is 4.90 Å². The van der Waals surface area contributed by atoms with Crippen molar-refractivity contribution in [2.24, 2.45) is 0 Å². The second-order valence-electron chi connectivity index (χ2n) is 6.06. The van der Waals surface area contributed by atoms with Crippen LogP contribution >= 0.6 is 0 Å². The minimum atomic E-state index is -0.164. The van der Waals surface area contributed by atoms with Crippen LogP contribution in [0.15, 0.2) is 18.2 Å². The highest BCUT2D eigenvalue weighted by Crippen LogP contribution is 2.42. The summed E-state index contributed by atoms with van der Waals surface area (Å²) in [6.45, 7) is 6.57. The SMILES string of the molecule is CCc1cc2c(c(CC)c1CC)[C@@H](N1C(=O)C=CC1=O)CC2. The van der Waals surface area contributed by atoms with E-state index in [-0.39, 0.29) is 17.9 Å². The van der Waals surface area contributed by atoms with Crippen LogP contribution in [0.25, 0.3) is 0 Å². The van der Waals surface area contributed by atoms with E-state index in [4.69, 9.17) is 0 Å². The molecule has 0 radical (unpaired) electrons. The summed E-state index contributed by atoms with van der Waals surface area (Å²) < 4.78 is 0. The van der Waals surface area contributed by atoms with Gasteiger partial charge in [-0.1, -0.05) is 26.8 Å². The molecule has 0 unspecified atom stereocenters. The third kappa shape index (κ3) is 2.11. The van der Waals surface area contributed by atoms with Crippen LogP contribution in [0.1, 0.15) is 61.1 Å². The summed E-state index contributed by atoms with van der Waals surface area (Å²) in [4.78, 5) is 25.6. The highest BCUT2D eigenvalue weighted by Gasteiger charge is 2.38. The number of carbonyl (C=O) groups excluding carboxylic acids is 2. The first-order valence-electron chi connectivity index (χ1n) is 8.33. The number of rotatable bonds is 4. The number of benzene rings is 1. The summed E-state index contributed by atoms with van der Waals surface area (Å²) in [5.74, 6) is -0.329. The molecule has 1 heterocycles. The predicted octanol–water partition coefficient (Wildman–Crippen LogP) is 3.29. The average molecular weight is 297 g/mol. The van der Waals surface area contributed by atoms with Crippen LogP contribution in [0.5, 0.6) is 0 Å². The Morgan fingerprint density at radius 1 is 1.00 bits per heavy atom. The van der Waals surface area contributed by atoms with E-state index in [1.165, 1.54) is 44.9 Å². The number of hydrogen-bond acceptors (Lipinski definition) is 2. The Morgan fingerprint density at radius 2 is 1.64 bits per heavy atom. The van der Waals surface area contributed by atoms with Crippen LogP contribution in [0.4, 0.5) is 0 Å². The lowest BCUT2D eigenvalue weighted by atomic mass is 9.87. The molecule has 0 bridgehead atoms. The molecule has 0 fully saturated rings. The van der Waals surface area contributed by atoms with E-state index in [0.717, 1.165) is 32.1 Å². The maximum absolute atomic E-state index is 12.1. The molecule has 2 aliphatic rings. The zero-order valence-corrected chi connectivity index (χ0v) is 13.6. The molecule has 1 atom stereocenters. The van der Waals surface area contributed by atoms with Gasteiger partial charge in [-0.25, -0.2) is 0 Å². The maximum Gasteiger partial charge on any atom is 0.254 e. The Morgan fingerprint density at radius 3 is 2.18 bits per heavy atom. The third-order valence-corrected chi connectivity index (χ3v) is 5.03. The maximum atomic E-state index is 12.1. The molecule has 116 valence electrons. The quantitative estimate of drug-likeness (QED) is 0.800. The molecule has 1 aromatic carbocycles. The lowest BCUT2D eigenvalue weighted by molar-refractivity contribution is -0.139. The minimum absolute atomic E-state index is 0.0730. The van der Waals surface area contributed by atoms with Gasteiger partial charge >= 0.3 is 0 Å². The van der Waals surface area contributed by atoms with Gasteiger partial charge in [0.05, 0.1) is 6.04 Å². The van der Waals surface area contributed by atoms with Gasteiger partial charge in [-0.2, -0.15) is 0 Å². The number of carbonyl (C=O) groups is 2. The minimum Gasteiger partial charge on any atom is -0.269 e. The van der Waals surface area contributed by atoms with Crippen LogP contribution in [-0.4, -0.2) is 16.7 Å². The van der Waals surface area contributed by atoms with Gasteiger partial charge in [0, 0.05) is 12.2 Å². The van der Waals surface area contributed by atoms with Crippen LogP contribution in [0.2, 0.25) is 0 Å². The summed E-state index contributed by atoms with van der Waals surface area (Å²) in [6.07, 6.45) is 7.61. The molecule has 1 aliphatic carbocycles. The average Bonchev–Trinajstić information content (AvgIpc) is 3.08. The zero-order chi connectivity index (χ0) is 15.9. The van der Waals surface area contributed by atoms with Gasteiger partial charge in [0.2, 0.25) is 0 Å². The lowest BCUT2D eigenvalue weighted by Gasteiger charge is -2.26. The molecule has 1 aromatic rings. The Balaban J connectivity index is 2.14. The van der Waals surface area contributed by atoms with Gasteiger partial charge in [-0.15, -0.1) is 0 Å². The molecule has 0 saturated carbocycles. The molecule has 3 heteroatoms. The first-order chi connectivity index (χ1) is 10.6. The predicted molar refractivity (Wildman–Crippen MR) is 86.6 cm³/mol. The normalized spacial score (nSPS) is 20.1. The smallest absolute Gasteiger partial charge is 0.254 e. The van der Waals surface area contributed by atoms with Gasteiger partial charge in [0.15, 0.2) is 0 Å². The first-order valence-corrected chi connectivity index (χ1v) is 8.33. The summed E-state index contributed by atoms with van der Waals surface area (Å²) >= 11 is 0. The highest BCUT2D eigenvalue weighted by atomic mass is 16.2. The molecule has 22 heavy (non-hydrogen) atoms. The Hall–Kier alpha value is -1.90. The highest BCUT2D eigenvalue weighted by molar-refractivity contribution is 6.13. The largest absolute Gasteiger partial charge is 0.269 e. The number of hydrogen-bond donors (Lipinski definition) is 0. The number of imide groups is 1. The molecule has 0 spiro atoms. The van der Waals surface area contributed by atoms with E-state index >= 15 is 0 Å². The first kappa shape index (κ1) is 15.0. The molecule has 3 rings (SSSR count). The number of nitrogens with zero attached hydrogens (tertiary/aromatic N) is 1. The van der Waals surface area contributed by atoms with Gasteiger partial charge in [0.1, 0.15) is 0 Å². The molecule has 3 nitrogen and oxygen atoms in total. The fourth-order valence-corrected chi connectivity index (χ4v) is 4.12. The van der Waals surface area contributed by atoms with Crippen molar-refractivity contribution in [3.05, 3.63) is 46.0 Å². The van der Waals surface area contributed by atoms with Crippen molar-refractivity contribution >= 4 is 11.8 Å². The summed E-state index contributed by atoms with van der Waals surface area (Å²) in [7, 11) is 0. The fourth-order valence-electron chi connectivity index (χ4n) is 4.12. The number of fused-ring (bicyclic) bond motifs is 1. The van der Waals surface area contributed by atoms with Gasteiger partial charge in [0.25, 0.3) is 11.8 Å². The van der Waals surface area contributed by atoms with Crippen LogP contribution in [0, 0.1) is 0 Å². The topological polar surface area (TPSA) is 37.4 Å². The summed E-state index contributed by atoms with van der Waals surface area (Å²) in [6, 6.07) is 2.24. The molecule has 0 N–H and O–H groups in total. The molecule has 2 amide bonds. The van der Waals surface area contributed by atoms with Crippen molar-refractivity contribution in [1.29, 1.82) is 0 Å². The van der Waals surface area contributed by atoms with E-state index in [1.54, 1.807) is 0 Å². The van der Waals surface area contributed by atoms with Crippen molar-refractivity contribution in [3.8, 4) is 0 Å². The number of amides is 2. The Bertz CT molecular complexity index is 655. The van der Waals surface area contributed by atoms with Gasteiger partial charge in [-0.05, 0) is 59.9 Å². The van der Waals surface area contributed by atoms with Crippen LogP contribution in [-0.2, 0) is 35.3 Å². The van der Waals surface area contributed by atoms with E-state index in [1.807, 2.05) is 0 Å². The monoisotopic (exact) mass is 297 g/mol. The van der Waals surface area contributed by atoms with Gasteiger partial charge < -0.3 is 0 Å². The second kappa shape index (κ2) is 5.71. The summed E-state index contributed by atoms with van der Waals surface area (Å²) in [5.41, 5.74) is 6.80. The van der Waals surface area contributed by atoms with E-state index in [0.29, 0.717) is 0 Å². The molecule has 0 aromatic heterocycles. The molecular formula is C19H23NO2. The molecule has 0 saturated heterocycles. The van der Waals surface area contributed by atoms with Crippen LogP contribution in [0.3, 0.4) is 0 Å². The second-order valence-corrected chi connectivity index (χ2v) is 6.06. The Kier molecular flexibility index (Phi) is 3.90. The van der Waals surface area contributed by atoms with Crippen molar-refractivity contribution in [2.75, 3.05) is 0 Å². The van der Waals surface area contributed by atoms with Crippen LogP contribution < -0.4 is 0 Å². The summed E-state index contributed by atoms with van der Waals surface area (Å²) in [5, 5.41) is 0. The Labute approximate surface area is 132 Å².